The molecule has 0 saturated carbocycles. The molecule has 1 N–H and O–H groups in total. The molecule has 1 aliphatic heterocycles. The van der Waals surface area contributed by atoms with Crippen LogP contribution in [0.1, 0.15) is 42.7 Å². The van der Waals surface area contributed by atoms with Gasteiger partial charge in [0.25, 0.3) is 0 Å². The average Bonchev–Trinajstić information content (AvgIpc) is 2.74. The fourth-order valence-electron chi connectivity index (χ4n) is 2.87. The van der Waals surface area contributed by atoms with Gasteiger partial charge in [-0.15, -0.1) is 0 Å². The fraction of sp³-hybridized carbons (Fsp3) is 0.733. The molecule has 5 nitrogen and oxygen atoms in total. The topological polar surface area (TPSA) is 58.4 Å². The third-order valence-corrected chi connectivity index (χ3v) is 4.15. The average molecular weight is 279 g/mol. The standard InChI is InChI=1S/C15H25N3O2/c1-11-14(12(2)20-17-11)9-16-15(19)7-6-13-5-4-8-18(3)10-13/h13H,4-10H2,1-3H3,(H,16,19)/t13-/m1/s1. The van der Waals surface area contributed by atoms with Crippen LogP contribution in [0.3, 0.4) is 0 Å². The van der Waals surface area contributed by atoms with Crippen LogP contribution in [-0.4, -0.2) is 36.1 Å². The van der Waals surface area contributed by atoms with Gasteiger partial charge in [-0.1, -0.05) is 5.16 Å². The maximum absolute atomic E-state index is 11.9. The summed E-state index contributed by atoms with van der Waals surface area (Å²) < 4.78 is 5.09. The van der Waals surface area contributed by atoms with Crippen molar-refractivity contribution in [3.05, 3.63) is 17.0 Å². The number of aromatic nitrogens is 1. The second-order valence-electron chi connectivity index (χ2n) is 5.89. The van der Waals surface area contributed by atoms with Crippen LogP contribution < -0.4 is 5.32 Å². The van der Waals surface area contributed by atoms with Gasteiger partial charge in [0.05, 0.1) is 5.69 Å². The first-order valence-corrected chi connectivity index (χ1v) is 7.43. The second-order valence-corrected chi connectivity index (χ2v) is 5.89. The lowest BCUT2D eigenvalue weighted by molar-refractivity contribution is -0.121. The zero-order valence-electron chi connectivity index (χ0n) is 12.7. The largest absolute Gasteiger partial charge is 0.361 e. The number of aryl methyl sites for hydroxylation is 2. The van der Waals surface area contributed by atoms with Crippen molar-refractivity contribution in [1.29, 1.82) is 0 Å². The molecule has 0 unspecified atom stereocenters. The first kappa shape index (κ1) is 15.0. The van der Waals surface area contributed by atoms with Crippen LogP contribution in [0, 0.1) is 19.8 Å². The highest BCUT2D eigenvalue weighted by Gasteiger charge is 2.18. The number of hydrogen-bond donors (Lipinski definition) is 1. The molecule has 1 aromatic rings. The van der Waals surface area contributed by atoms with Gasteiger partial charge in [-0.25, -0.2) is 0 Å². The van der Waals surface area contributed by atoms with E-state index < -0.39 is 0 Å². The molecular weight excluding hydrogens is 254 g/mol. The number of piperidine rings is 1. The van der Waals surface area contributed by atoms with Gasteiger partial charge < -0.3 is 14.7 Å². The molecule has 2 heterocycles. The highest BCUT2D eigenvalue weighted by molar-refractivity contribution is 5.75. The second kappa shape index (κ2) is 6.88. The molecule has 1 aliphatic rings. The maximum atomic E-state index is 11.9. The Hall–Kier alpha value is -1.36. The lowest BCUT2D eigenvalue weighted by atomic mass is 9.93. The molecule has 112 valence electrons. The molecule has 1 atom stereocenters. The summed E-state index contributed by atoms with van der Waals surface area (Å²) in [6, 6.07) is 0. The molecule has 1 amide bonds. The molecule has 1 aromatic heterocycles. The van der Waals surface area contributed by atoms with Crippen molar-refractivity contribution in [3.63, 3.8) is 0 Å². The third kappa shape index (κ3) is 4.07. The van der Waals surface area contributed by atoms with Crippen molar-refractivity contribution in [3.8, 4) is 0 Å². The highest BCUT2D eigenvalue weighted by atomic mass is 16.5. The quantitative estimate of drug-likeness (QED) is 0.896. The van der Waals surface area contributed by atoms with Gasteiger partial charge in [-0.3, -0.25) is 4.79 Å². The minimum atomic E-state index is 0.123. The van der Waals surface area contributed by atoms with E-state index in [-0.39, 0.29) is 5.91 Å². The van der Waals surface area contributed by atoms with Crippen LogP contribution in [0.2, 0.25) is 0 Å². The van der Waals surface area contributed by atoms with Crippen molar-refractivity contribution in [2.75, 3.05) is 20.1 Å². The van der Waals surface area contributed by atoms with E-state index in [4.69, 9.17) is 4.52 Å². The number of rotatable bonds is 5. The summed E-state index contributed by atoms with van der Waals surface area (Å²) in [5.74, 6) is 1.58. The number of amides is 1. The number of carbonyl (C=O) groups is 1. The molecular formula is C15H25N3O2. The molecule has 1 saturated heterocycles. The Balaban J connectivity index is 1.70. The number of likely N-dealkylation sites (tertiary alicyclic amines) is 1. The number of hydrogen-bond acceptors (Lipinski definition) is 4. The Kier molecular flexibility index (Phi) is 5.17. The van der Waals surface area contributed by atoms with E-state index in [9.17, 15) is 4.79 Å². The van der Waals surface area contributed by atoms with E-state index in [0.29, 0.717) is 18.9 Å². The van der Waals surface area contributed by atoms with E-state index in [1.165, 1.54) is 19.4 Å². The van der Waals surface area contributed by atoms with Gasteiger partial charge in [0.2, 0.25) is 5.91 Å². The zero-order valence-corrected chi connectivity index (χ0v) is 12.7. The Bertz CT molecular complexity index is 436. The van der Waals surface area contributed by atoms with Crippen molar-refractivity contribution < 1.29 is 9.32 Å². The van der Waals surface area contributed by atoms with E-state index in [0.717, 1.165) is 30.0 Å². The predicted octanol–water partition coefficient (Wildman–Crippen LogP) is 2.03. The Morgan fingerprint density at radius 2 is 2.30 bits per heavy atom. The highest BCUT2D eigenvalue weighted by Crippen LogP contribution is 2.19. The molecule has 0 bridgehead atoms. The van der Waals surface area contributed by atoms with Crippen LogP contribution in [-0.2, 0) is 11.3 Å². The van der Waals surface area contributed by atoms with E-state index in [1.54, 1.807) is 0 Å². The van der Waals surface area contributed by atoms with E-state index in [1.807, 2.05) is 13.8 Å². The molecule has 0 aromatic carbocycles. The SMILES string of the molecule is Cc1noc(C)c1CNC(=O)CC[C@H]1CCCN(C)C1. The molecule has 20 heavy (non-hydrogen) atoms. The van der Waals surface area contributed by atoms with Crippen molar-refractivity contribution in [2.45, 2.75) is 46.1 Å². The molecule has 0 spiro atoms. The van der Waals surface area contributed by atoms with Crippen LogP contribution >= 0.6 is 0 Å². The smallest absolute Gasteiger partial charge is 0.220 e. The predicted molar refractivity (Wildman–Crippen MR) is 77.3 cm³/mol. The summed E-state index contributed by atoms with van der Waals surface area (Å²) in [5, 5.41) is 6.86. The van der Waals surface area contributed by atoms with Crippen molar-refractivity contribution in [1.82, 2.24) is 15.4 Å². The minimum Gasteiger partial charge on any atom is -0.361 e. The molecule has 2 rings (SSSR count). The van der Waals surface area contributed by atoms with Crippen LogP contribution in [0.15, 0.2) is 4.52 Å². The number of nitrogens with one attached hydrogen (secondary N) is 1. The first-order valence-electron chi connectivity index (χ1n) is 7.43. The van der Waals surface area contributed by atoms with Crippen molar-refractivity contribution in [2.24, 2.45) is 5.92 Å². The normalized spacial score (nSPS) is 20.1. The summed E-state index contributed by atoms with van der Waals surface area (Å²) in [6.45, 7) is 6.60. The Morgan fingerprint density at radius 1 is 1.50 bits per heavy atom. The van der Waals surface area contributed by atoms with Crippen molar-refractivity contribution >= 4 is 5.91 Å². The Labute approximate surface area is 120 Å². The van der Waals surface area contributed by atoms with Crippen LogP contribution in [0.4, 0.5) is 0 Å². The van der Waals surface area contributed by atoms with E-state index >= 15 is 0 Å². The lowest BCUT2D eigenvalue weighted by Crippen LogP contribution is -2.33. The number of nitrogens with zero attached hydrogens (tertiary/aromatic N) is 2. The number of carbonyl (C=O) groups excluding carboxylic acids is 1. The fourth-order valence-corrected chi connectivity index (χ4v) is 2.87. The zero-order chi connectivity index (χ0) is 14.5. The Morgan fingerprint density at radius 3 is 2.95 bits per heavy atom. The van der Waals surface area contributed by atoms with Gasteiger partial charge in [-0.05, 0) is 52.6 Å². The maximum Gasteiger partial charge on any atom is 0.220 e. The minimum absolute atomic E-state index is 0.123. The molecule has 5 heteroatoms. The summed E-state index contributed by atoms with van der Waals surface area (Å²) in [4.78, 5) is 14.3. The molecule has 0 aliphatic carbocycles. The molecule has 0 radical (unpaired) electrons. The van der Waals surface area contributed by atoms with Gasteiger partial charge in [0, 0.05) is 25.1 Å². The summed E-state index contributed by atoms with van der Waals surface area (Å²) >= 11 is 0. The molecule has 1 fully saturated rings. The van der Waals surface area contributed by atoms with E-state index in [2.05, 4.69) is 22.4 Å². The van der Waals surface area contributed by atoms with Crippen LogP contribution in [0.25, 0.3) is 0 Å². The first-order chi connectivity index (χ1) is 9.56. The summed E-state index contributed by atoms with van der Waals surface area (Å²) in [7, 11) is 2.16. The van der Waals surface area contributed by atoms with Gasteiger partial charge in [0.1, 0.15) is 5.76 Å². The lowest BCUT2D eigenvalue weighted by Gasteiger charge is -2.29. The third-order valence-electron chi connectivity index (χ3n) is 4.15. The summed E-state index contributed by atoms with van der Waals surface area (Å²) in [6.07, 6.45) is 4.10. The van der Waals surface area contributed by atoms with Crippen LogP contribution in [0.5, 0.6) is 0 Å². The van der Waals surface area contributed by atoms with Gasteiger partial charge >= 0.3 is 0 Å². The van der Waals surface area contributed by atoms with Gasteiger partial charge in [0.15, 0.2) is 0 Å². The monoisotopic (exact) mass is 279 g/mol. The van der Waals surface area contributed by atoms with Gasteiger partial charge in [-0.2, -0.15) is 0 Å². The summed E-state index contributed by atoms with van der Waals surface area (Å²) in [5.41, 5.74) is 1.85.